The molecule has 0 N–H and O–H groups in total. The Kier molecular flexibility index (Phi) is 4.60. The Morgan fingerprint density at radius 1 is 1.26 bits per heavy atom. The highest BCUT2D eigenvalue weighted by molar-refractivity contribution is 7.91. The van der Waals surface area contributed by atoms with Crippen molar-refractivity contribution in [2.45, 2.75) is 6.42 Å². The van der Waals surface area contributed by atoms with Gasteiger partial charge in [0, 0.05) is 36.6 Å². The first kappa shape index (κ1) is 14.5. The fraction of sp³-hybridized carbons (Fsp3) is 0.462. The number of ketones is 1. The molecule has 0 spiro atoms. The van der Waals surface area contributed by atoms with Crippen LogP contribution in [0.15, 0.2) is 24.3 Å². The van der Waals surface area contributed by atoms with E-state index in [2.05, 4.69) is 0 Å². The minimum Gasteiger partial charge on any atom is -0.301 e. The molecule has 4 nitrogen and oxygen atoms in total. The molecule has 0 unspecified atom stereocenters. The molecule has 1 aliphatic heterocycles. The fourth-order valence-electron chi connectivity index (χ4n) is 2.04. The third-order valence-corrected chi connectivity index (χ3v) is 5.08. The molecule has 0 aromatic heterocycles. The van der Waals surface area contributed by atoms with Crippen LogP contribution in [0.2, 0.25) is 5.02 Å². The van der Waals surface area contributed by atoms with Gasteiger partial charge in [0.15, 0.2) is 15.6 Å². The van der Waals surface area contributed by atoms with Crippen molar-refractivity contribution in [3.63, 3.8) is 0 Å². The van der Waals surface area contributed by atoms with E-state index in [0.717, 1.165) is 0 Å². The highest BCUT2D eigenvalue weighted by atomic mass is 35.5. The number of rotatable bonds is 4. The van der Waals surface area contributed by atoms with Crippen molar-refractivity contribution >= 4 is 27.2 Å². The van der Waals surface area contributed by atoms with Gasteiger partial charge in [0.25, 0.3) is 0 Å². The fourth-order valence-corrected chi connectivity index (χ4v) is 3.51. The van der Waals surface area contributed by atoms with Gasteiger partial charge in [-0.3, -0.25) is 4.79 Å². The number of Topliss-reactive ketones (excluding diaryl/α,β-unsaturated/α-hetero) is 1. The zero-order valence-corrected chi connectivity index (χ0v) is 12.1. The number of hydrogen-bond acceptors (Lipinski definition) is 4. The highest BCUT2D eigenvalue weighted by Crippen LogP contribution is 2.13. The minimum absolute atomic E-state index is 0.0379. The van der Waals surface area contributed by atoms with Crippen molar-refractivity contribution in [1.82, 2.24) is 4.90 Å². The molecule has 1 aromatic rings. The Labute approximate surface area is 118 Å². The molecule has 1 aromatic carbocycles. The predicted molar refractivity (Wildman–Crippen MR) is 75.5 cm³/mol. The van der Waals surface area contributed by atoms with Gasteiger partial charge in [0.2, 0.25) is 0 Å². The molecule has 104 valence electrons. The standard InChI is InChI=1S/C13H16ClNO3S/c14-12-3-1-2-11(10-12)13(16)4-5-15-6-8-19(17,18)9-7-15/h1-3,10H,4-9H2. The molecule has 0 saturated carbocycles. The van der Waals surface area contributed by atoms with Crippen LogP contribution in [-0.2, 0) is 9.84 Å². The second-order valence-electron chi connectivity index (χ2n) is 4.68. The lowest BCUT2D eigenvalue weighted by molar-refractivity contribution is 0.0966. The van der Waals surface area contributed by atoms with E-state index in [1.807, 2.05) is 4.90 Å². The van der Waals surface area contributed by atoms with Crippen LogP contribution in [0.25, 0.3) is 0 Å². The topological polar surface area (TPSA) is 54.5 Å². The summed E-state index contributed by atoms with van der Waals surface area (Å²) in [7, 11) is -2.86. The maximum absolute atomic E-state index is 12.0. The quantitative estimate of drug-likeness (QED) is 0.794. The first-order valence-corrected chi connectivity index (χ1v) is 8.38. The molecule has 0 atom stereocenters. The van der Waals surface area contributed by atoms with Crippen molar-refractivity contribution in [2.75, 3.05) is 31.1 Å². The summed E-state index contributed by atoms with van der Waals surface area (Å²) in [4.78, 5) is 14.0. The number of nitrogens with zero attached hydrogens (tertiary/aromatic N) is 1. The molecule has 1 saturated heterocycles. The molecule has 19 heavy (non-hydrogen) atoms. The van der Waals surface area contributed by atoms with E-state index in [1.54, 1.807) is 24.3 Å². The Morgan fingerprint density at radius 2 is 1.95 bits per heavy atom. The van der Waals surface area contributed by atoms with Gasteiger partial charge >= 0.3 is 0 Å². The molecular formula is C13H16ClNO3S. The van der Waals surface area contributed by atoms with Crippen LogP contribution in [0.5, 0.6) is 0 Å². The Balaban J connectivity index is 1.85. The summed E-state index contributed by atoms with van der Waals surface area (Å²) in [6.45, 7) is 1.64. The average molecular weight is 302 g/mol. The molecular weight excluding hydrogens is 286 g/mol. The van der Waals surface area contributed by atoms with Gasteiger partial charge in [0.05, 0.1) is 11.5 Å². The molecule has 0 radical (unpaired) electrons. The van der Waals surface area contributed by atoms with E-state index in [1.165, 1.54) is 0 Å². The second kappa shape index (κ2) is 6.03. The van der Waals surface area contributed by atoms with Crippen LogP contribution >= 0.6 is 11.6 Å². The van der Waals surface area contributed by atoms with E-state index in [-0.39, 0.29) is 17.3 Å². The smallest absolute Gasteiger partial charge is 0.164 e. The van der Waals surface area contributed by atoms with E-state index < -0.39 is 9.84 Å². The first-order valence-electron chi connectivity index (χ1n) is 6.18. The zero-order chi connectivity index (χ0) is 13.9. The molecule has 1 heterocycles. The SMILES string of the molecule is O=C(CCN1CCS(=O)(=O)CC1)c1cccc(Cl)c1. The Morgan fingerprint density at radius 3 is 2.58 bits per heavy atom. The zero-order valence-electron chi connectivity index (χ0n) is 10.5. The van der Waals surface area contributed by atoms with Gasteiger partial charge in [-0.05, 0) is 12.1 Å². The van der Waals surface area contributed by atoms with Crippen LogP contribution in [-0.4, -0.2) is 50.2 Å². The highest BCUT2D eigenvalue weighted by Gasteiger charge is 2.21. The molecule has 1 fully saturated rings. The van der Waals surface area contributed by atoms with Crippen LogP contribution < -0.4 is 0 Å². The van der Waals surface area contributed by atoms with Gasteiger partial charge in [0.1, 0.15) is 0 Å². The largest absolute Gasteiger partial charge is 0.301 e. The number of hydrogen-bond donors (Lipinski definition) is 0. The van der Waals surface area contributed by atoms with Crippen molar-refractivity contribution < 1.29 is 13.2 Å². The normalized spacial score (nSPS) is 19.2. The Bertz CT molecular complexity index is 557. The van der Waals surface area contributed by atoms with Crippen molar-refractivity contribution in [2.24, 2.45) is 0 Å². The van der Waals surface area contributed by atoms with Crippen LogP contribution in [0.4, 0.5) is 0 Å². The lowest BCUT2D eigenvalue weighted by atomic mass is 10.1. The summed E-state index contributed by atoms with van der Waals surface area (Å²) in [5.41, 5.74) is 0.608. The second-order valence-corrected chi connectivity index (χ2v) is 7.42. The monoisotopic (exact) mass is 301 g/mol. The first-order chi connectivity index (χ1) is 8.96. The van der Waals surface area contributed by atoms with Gasteiger partial charge in [-0.1, -0.05) is 23.7 Å². The van der Waals surface area contributed by atoms with Crippen molar-refractivity contribution in [3.05, 3.63) is 34.9 Å². The van der Waals surface area contributed by atoms with Gasteiger partial charge < -0.3 is 4.90 Å². The molecule has 0 aliphatic carbocycles. The summed E-state index contributed by atoms with van der Waals surface area (Å²) in [5.74, 6) is 0.424. The average Bonchev–Trinajstić information content (AvgIpc) is 2.37. The predicted octanol–water partition coefficient (Wildman–Crippen LogP) is 1.64. The third-order valence-electron chi connectivity index (χ3n) is 3.24. The lowest BCUT2D eigenvalue weighted by Crippen LogP contribution is -2.41. The minimum atomic E-state index is -2.86. The summed E-state index contributed by atoms with van der Waals surface area (Å²) in [6.07, 6.45) is 0.389. The van der Waals surface area contributed by atoms with E-state index in [0.29, 0.717) is 36.6 Å². The van der Waals surface area contributed by atoms with Gasteiger partial charge in [-0.25, -0.2) is 8.42 Å². The maximum Gasteiger partial charge on any atom is 0.164 e. The molecule has 0 bridgehead atoms. The molecule has 6 heteroatoms. The van der Waals surface area contributed by atoms with E-state index in [4.69, 9.17) is 11.6 Å². The summed E-state index contributed by atoms with van der Waals surface area (Å²) >= 11 is 5.84. The summed E-state index contributed by atoms with van der Waals surface area (Å²) < 4.78 is 22.6. The molecule has 2 rings (SSSR count). The Hall–Kier alpha value is -0.910. The van der Waals surface area contributed by atoms with E-state index in [9.17, 15) is 13.2 Å². The number of benzene rings is 1. The maximum atomic E-state index is 12.0. The van der Waals surface area contributed by atoms with Crippen molar-refractivity contribution in [3.8, 4) is 0 Å². The number of carbonyl (C=O) groups is 1. The molecule has 0 amide bonds. The van der Waals surface area contributed by atoms with Gasteiger partial charge in [-0.2, -0.15) is 0 Å². The lowest BCUT2D eigenvalue weighted by Gasteiger charge is -2.26. The van der Waals surface area contributed by atoms with Gasteiger partial charge in [-0.15, -0.1) is 0 Å². The van der Waals surface area contributed by atoms with Crippen LogP contribution in [0.1, 0.15) is 16.8 Å². The van der Waals surface area contributed by atoms with Crippen LogP contribution in [0.3, 0.4) is 0 Å². The number of halogens is 1. The third kappa shape index (κ3) is 4.30. The number of sulfone groups is 1. The summed E-state index contributed by atoms with van der Waals surface area (Å²) in [6, 6.07) is 6.89. The number of carbonyl (C=O) groups excluding carboxylic acids is 1. The van der Waals surface area contributed by atoms with Crippen molar-refractivity contribution in [1.29, 1.82) is 0 Å². The summed E-state index contributed by atoms with van der Waals surface area (Å²) in [5, 5.41) is 0.551. The molecule has 1 aliphatic rings. The van der Waals surface area contributed by atoms with E-state index >= 15 is 0 Å². The van der Waals surface area contributed by atoms with Crippen LogP contribution in [0, 0.1) is 0 Å².